The van der Waals surface area contributed by atoms with Crippen molar-refractivity contribution in [3.8, 4) is 5.82 Å². The van der Waals surface area contributed by atoms with Crippen LogP contribution in [0.4, 0.5) is 4.39 Å². The van der Waals surface area contributed by atoms with Crippen molar-refractivity contribution in [2.75, 3.05) is 26.2 Å². The van der Waals surface area contributed by atoms with Gasteiger partial charge in [0, 0.05) is 38.3 Å². The van der Waals surface area contributed by atoms with Crippen LogP contribution in [0.5, 0.6) is 0 Å². The van der Waals surface area contributed by atoms with Crippen LogP contribution in [0.2, 0.25) is 0 Å². The monoisotopic (exact) mass is 411 g/mol. The van der Waals surface area contributed by atoms with E-state index in [0.29, 0.717) is 13.1 Å². The van der Waals surface area contributed by atoms with E-state index in [-0.39, 0.29) is 47.2 Å². The topological polar surface area (TPSA) is 117 Å². The maximum atomic E-state index is 14.5. The minimum absolute atomic E-state index is 0.0172. The number of hydrogen-bond acceptors (Lipinski definition) is 6. The van der Waals surface area contributed by atoms with Crippen molar-refractivity contribution in [1.82, 2.24) is 34.8 Å². The van der Waals surface area contributed by atoms with Gasteiger partial charge in [-0.3, -0.25) is 14.4 Å². The highest BCUT2D eigenvalue weighted by molar-refractivity contribution is 6.45. The van der Waals surface area contributed by atoms with Gasteiger partial charge in [-0.05, 0) is 12.8 Å². The molecule has 0 bridgehead atoms. The molecule has 1 aliphatic carbocycles. The van der Waals surface area contributed by atoms with E-state index in [1.807, 2.05) is 0 Å². The Morgan fingerprint density at radius 3 is 2.50 bits per heavy atom. The van der Waals surface area contributed by atoms with Crippen LogP contribution >= 0.6 is 0 Å². The molecule has 1 aliphatic heterocycles. The molecule has 154 valence electrons. The molecule has 3 aromatic rings. The van der Waals surface area contributed by atoms with Gasteiger partial charge in [0.1, 0.15) is 0 Å². The molecule has 30 heavy (non-hydrogen) atoms. The molecule has 2 aliphatic rings. The Balaban J connectivity index is 1.38. The van der Waals surface area contributed by atoms with Crippen molar-refractivity contribution in [2.45, 2.75) is 12.8 Å². The molecule has 0 unspecified atom stereocenters. The lowest BCUT2D eigenvalue weighted by Crippen LogP contribution is -2.52. The third-order valence-electron chi connectivity index (χ3n) is 5.53. The Morgan fingerprint density at radius 2 is 1.83 bits per heavy atom. The van der Waals surface area contributed by atoms with Crippen LogP contribution < -0.4 is 0 Å². The number of pyridine rings is 1. The molecule has 0 aromatic carbocycles. The Bertz CT molecular complexity index is 1140. The first-order valence-electron chi connectivity index (χ1n) is 9.69. The van der Waals surface area contributed by atoms with Crippen LogP contribution in [0.25, 0.3) is 16.7 Å². The number of fused-ring (bicyclic) bond motifs is 1. The number of H-pyrrole nitrogens is 1. The van der Waals surface area contributed by atoms with Crippen LogP contribution in [0.15, 0.2) is 24.8 Å². The maximum absolute atomic E-state index is 14.5. The predicted octanol–water partition coefficient (Wildman–Crippen LogP) is 0.546. The summed E-state index contributed by atoms with van der Waals surface area (Å²) in [7, 11) is 0. The molecule has 3 aromatic heterocycles. The average Bonchev–Trinajstić information content (AvgIpc) is 3.28. The van der Waals surface area contributed by atoms with E-state index < -0.39 is 17.5 Å². The number of aromatic nitrogens is 5. The van der Waals surface area contributed by atoms with Gasteiger partial charge in [0.25, 0.3) is 11.7 Å². The quantitative estimate of drug-likeness (QED) is 0.495. The molecular formula is C19H18FN7O3. The molecule has 2 fully saturated rings. The zero-order chi connectivity index (χ0) is 20.8. The highest BCUT2D eigenvalue weighted by atomic mass is 19.1. The summed E-state index contributed by atoms with van der Waals surface area (Å²) in [6.45, 7) is 1.35. The van der Waals surface area contributed by atoms with Crippen LogP contribution in [-0.2, 0) is 9.59 Å². The summed E-state index contributed by atoms with van der Waals surface area (Å²) < 4.78 is 15.9. The SMILES string of the molecule is O=C(C(=O)N1CCN(C(=O)C2CC2)CC1)c1c[nH]c2c(-n3ccnn3)ncc(F)c12. The highest BCUT2D eigenvalue weighted by Gasteiger charge is 2.36. The molecule has 0 spiro atoms. The third-order valence-corrected chi connectivity index (χ3v) is 5.53. The number of piperazine rings is 1. The van der Waals surface area contributed by atoms with E-state index in [0.717, 1.165) is 19.0 Å². The van der Waals surface area contributed by atoms with Gasteiger partial charge in [0.05, 0.1) is 35.1 Å². The van der Waals surface area contributed by atoms with E-state index in [9.17, 15) is 18.8 Å². The minimum atomic E-state index is -0.808. The summed E-state index contributed by atoms with van der Waals surface area (Å²) >= 11 is 0. The first-order chi connectivity index (χ1) is 14.5. The minimum Gasteiger partial charge on any atom is -0.357 e. The summed E-state index contributed by atoms with van der Waals surface area (Å²) in [6.07, 6.45) is 7.13. The molecule has 2 amide bonds. The van der Waals surface area contributed by atoms with Crippen LogP contribution in [-0.4, -0.2) is 78.5 Å². The summed E-state index contributed by atoms with van der Waals surface area (Å²) in [5.41, 5.74) is 0.184. The van der Waals surface area contributed by atoms with Crippen molar-refractivity contribution in [3.05, 3.63) is 36.2 Å². The zero-order valence-electron chi connectivity index (χ0n) is 15.9. The Hall–Kier alpha value is -3.63. The van der Waals surface area contributed by atoms with Crippen molar-refractivity contribution in [2.24, 2.45) is 5.92 Å². The number of carbonyl (C=O) groups excluding carboxylic acids is 3. The van der Waals surface area contributed by atoms with E-state index in [1.165, 1.54) is 28.2 Å². The molecule has 4 heterocycles. The fraction of sp³-hybridized carbons (Fsp3) is 0.368. The van der Waals surface area contributed by atoms with Crippen LogP contribution in [0, 0.1) is 11.7 Å². The van der Waals surface area contributed by atoms with E-state index in [4.69, 9.17) is 0 Å². The van der Waals surface area contributed by atoms with Gasteiger partial charge in [0.2, 0.25) is 5.91 Å². The number of aromatic amines is 1. The largest absolute Gasteiger partial charge is 0.357 e. The Morgan fingerprint density at radius 1 is 1.10 bits per heavy atom. The number of nitrogens with one attached hydrogen (secondary N) is 1. The van der Waals surface area contributed by atoms with Gasteiger partial charge in [-0.2, -0.15) is 0 Å². The Kier molecular flexibility index (Phi) is 4.30. The van der Waals surface area contributed by atoms with Crippen molar-refractivity contribution >= 4 is 28.5 Å². The second-order valence-electron chi connectivity index (χ2n) is 7.45. The van der Waals surface area contributed by atoms with Gasteiger partial charge >= 0.3 is 0 Å². The predicted molar refractivity (Wildman–Crippen MR) is 101 cm³/mol. The fourth-order valence-electron chi connectivity index (χ4n) is 3.75. The molecule has 5 rings (SSSR count). The number of nitrogens with zero attached hydrogens (tertiary/aromatic N) is 6. The molecule has 0 radical (unpaired) electrons. The van der Waals surface area contributed by atoms with Crippen molar-refractivity contribution in [1.29, 1.82) is 0 Å². The third kappa shape index (κ3) is 3.02. The molecule has 1 saturated heterocycles. The maximum Gasteiger partial charge on any atom is 0.295 e. The number of Topliss-reactive ketones (excluding diaryl/α,β-unsaturated/α-hetero) is 1. The summed E-state index contributed by atoms with van der Waals surface area (Å²) in [5, 5.41) is 7.52. The van der Waals surface area contributed by atoms with Crippen LogP contribution in [0.3, 0.4) is 0 Å². The van der Waals surface area contributed by atoms with Gasteiger partial charge < -0.3 is 14.8 Å². The van der Waals surface area contributed by atoms with E-state index in [1.54, 1.807) is 4.90 Å². The smallest absolute Gasteiger partial charge is 0.295 e. The first-order valence-corrected chi connectivity index (χ1v) is 9.69. The number of hydrogen-bond donors (Lipinski definition) is 1. The van der Waals surface area contributed by atoms with Crippen molar-refractivity contribution < 1.29 is 18.8 Å². The Labute approximate surface area is 169 Å². The number of halogens is 1. The second kappa shape index (κ2) is 7.01. The highest BCUT2D eigenvalue weighted by Crippen LogP contribution is 2.31. The number of rotatable bonds is 4. The molecule has 10 nitrogen and oxygen atoms in total. The van der Waals surface area contributed by atoms with E-state index >= 15 is 0 Å². The average molecular weight is 411 g/mol. The molecule has 1 N–H and O–H groups in total. The van der Waals surface area contributed by atoms with Crippen molar-refractivity contribution in [3.63, 3.8) is 0 Å². The van der Waals surface area contributed by atoms with Gasteiger partial charge in [-0.25, -0.2) is 14.1 Å². The van der Waals surface area contributed by atoms with E-state index in [2.05, 4.69) is 20.3 Å². The zero-order valence-corrected chi connectivity index (χ0v) is 15.9. The summed E-state index contributed by atoms with van der Waals surface area (Å²) in [5.74, 6) is -1.73. The van der Waals surface area contributed by atoms with Gasteiger partial charge in [-0.15, -0.1) is 5.10 Å². The number of carbonyl (C=O) groups is 3. The lowest BCUT2D eigenvalue weighted by molar-refractivity contribution is -0.138. The molecule has 0 atom stereocenters. The summed E-state index contributed by atoms with van der Waals surface area (Å²) in [4.78, 5) is 47.8. The molecule has 11 heteroatoms. The number of ketones is 1. The fourth-order valence-corrected chi connectivity index (χ4v) is 3.75. The summed E-state index contributed by atoms with van der Waals surface area (Å²) in [6, 6.07) is 0. The lowest BCUT2D eigenvalue weighted by atomic mass is 10.1. The van der Waals surface area contributed by atoms with Gasteiger partial charge in [-0.1, -0.05) is 5.21 Å². The van der Waals surface area contributed by atoms with Crippen LogP contribution in [0.1, 0.15) is 23.2 Å². The first kappa shape index (κ1) is 18.4. The normalized spacial score (nSPS) is 16.8. The standard InChI is InChI=1S/C19H18FN7O3/c20-13-10-22-17(27-4-3-23-24-27)15-14(13)12(9-21-15)16(28)19(30)26-7-5-25(6-8-26)18(29)11-1-2-11/h3-4,9-11,21H,1-2,5-8H2. The lowest BCUT2D eigenvalue weighted by Gasteiger charge is -2.34. The van der Waals surface area contributed by atoms with Gasteiger partial charge in [0.15, 0.2) is 11.6 Å². The molecular weight excluding hydrogens is 393 g/mol. The number of amides is 2. The second-order valence-corrected chi connectivity index (χ2v) is 7.45. The molecule has 1 saturated carbocycles.